The molecule has 1 saturated heterocycles. The Morgan fingerprint density at radius 1 is 0.971 bits per heavy atom. The van der Waals surface area contributed by atoms with E-state index in [9.17, 15) is 5.11 Å². The van der Waals surface area contributed by atoms with Gasteiger partial charge in [-0.25, -0.2) is 9.97 Å². The molecule has 4 aromatic rings. The van der Waals surface area contributed by atoms with Gasteiger partial charge in [-0.05, 0) is 64.8 Å². The molecule has 176 valence electrons. The van der Waals surface area contributed by atoms with Crippen LogP contribution in [0.1, 0.15) is 40.5 Å². The topological polar surface area (TPSA) is 116 Å². The summed E-state index contributed by atoms with van der Waals surface area (Å²) < 4.78 is 0. The minimum absolute atomic E-state index is 0.0264. The van der Waals surface area contributed by atoms with Gasteiger partial charge >= 0.3 is 0 Å². The van der Waals surface area contributed by atoms with E-state index in [0.717, 1.165) is 35.1 Å². The second kappa shape index (κ2) is 8.02. The van der Waals surface area contributed by atoms with E-state index in [1.807, 2.05) is 31.3 Å². The number of rotatable bonds is 4. The standard InChI is InChI=1S/C25H30N8O/c1-24(2)11-16(12-25(3,4)32-24)33(5)23-26-13-20(30-31-23)17-7-6-15(10-22(17)34)18-8-9-19-21(28-18)14-27-29-19/h6-10,13-14,16,32,34H,11-12H2,1-5H3,(H,27,29). The lowest BCUT2D eigenvalue weighted by Crippen LogP contribution is -2.62. The Balaban J connectivity index is 1.37. The van der Waals surface area contributed by atoms with Crippen molar-refractivity contribution >= 4 is 17.0 Å². The summed E-state index contributed by atoms with van der Waals surface area (Å²) in [5.74, 6) is 0.682. The smallest absolute Gasteiger partial charge is 0.245 e. The highest BCUT2D eigenvalue weighted by Gasteiger charge is 2.39. The third-order valence-corrected chi connectivity index (χ3v) is 6.45. The fourth-order valence-electron chi connectivity index (χ4n) is 5.16. The van der Waals surface area contributed by atoms with Gasteiger partial charge in [0, 0.05) is 35.3 Å². The summed E-state index contributed by atoms with van der Waals surface area (Å²) in [7, 11) is 2.02. The number of hydrogen-bond donors (Lipinski definition) is 3. The molecule has 9 nitrogen and oxygen atoms in total. The Kier molecular flexibility index (Phi) is 5.24. The van der Waals surface area contributed by atoms with Crippen molar-refractivity contribution in [2.45, 2.75) is 57.7 Å². The van der Waals surface area contributed by atoms with Crippen molar-refractivity contribution in [1.82, 2.24) is 35.7 Å². The van der Waals surface area contributed by atoms with Crippen LogP contribution in [-0.4, -0.2) is 59.6 Å². The summed E-state index contributed by atoms with van der Waals surface area (Å²) in [6, 6.07) is 9.52. The molecule has 3 N–H and O–H groups in total. The average Bonchev–Trinajstić information content (AvgIpc) is 3.24. The number of anilines is 1. The highest BCUT2D eigenvalue weighted by Crippen LogP contribution is 2.34. The summed E-state index contributed by atoms with van der Waals surface area (Å²) in [6.45, 7) is 8.91. The third kappa shape index (κ3) is 4.31. The number of phenols is 1. The molecule has 0 amide bonds. The predicted molar refractivity (Wildman–Crippen MR) is 133 cm³/mol. The van der Waals surface area contributed by atoms with Crippen molar-refractivity contribution in [2.24, 2.45) is 0 Å². The summed E-state index contributed by atoms with van der Waals surface area (Å²) >= 11 is 0. The molecule has 1 fully saturated rings. The fourth-order valence-corrected chi connectivity index (χ4v) is 5.16. The van der Waals surface area contributed by atoms with Crippen LogP contribution in [0.15, 0.2) is 42.7 Å². The second-order valence-corrected chi connectivity index (χ2v) is 10.4. The molecule has 1 aliphatic heterocycles. The molecule has 4 heterocycles. The monoisotopic (exact) mass is 458 g/mol. The van der Waals surface area contributed by atoms with Gasteiger partial charge in [-0.15, -0.1) is 10.2 Å². The Morgan fingerprint density at radius 3 is 2.41 bits per heavy atom. The normalized spacial score (nSPS) is 17.7. The maximum Gasteiger partial charge on any atom is 0.245 e. The van der Waals surface area contributed by atoms with Crippen molar-refractivity contribution in [1.29, 1.82) is 0 Å². The average molecular weight is 459 g/mol. The molecule has 0 atom stereocenters. The van der Waals surface area contributed by atoms with Gasteiger partial charge in [0.1, 0.15) is 17.0 Å². The summed E-state index contributed by atoms with van der Waals surface area (Å²) in [6.07, 6.45) is 5.32. The van der Waals surface area contributed by atoms with E-state index in [-0.39, 0.29) is 16.8 Å². The zero-order valence-corrected chi connectivity index (χ0v) is 20.2. The summed E-state index contributed by atoms with van der Waals surface area (Å²) in [5, 5.41) is 30.1. The first-order chi connectivity index (χ1) is 16.1. The molecule has 0 radical (unpaired) electrons. The Bertz CT molecular complexity index is 1310. The van der Waals surface area contributed by atoms with Gasteiger partial charge in [-0.1, -0.05) is 6.07 Å². The SMILES string of the molecule is CN(c1ncc(-c2ccc(-c3ccc4[nH]ncc4n3)cc2O)nn1)C1CC(C)(C)NC(C)(C)C1. The molecule has 5 rings (SSSR count). The third-order valence-electron chi connectivity index (χ3n) is 6.45. The highest BCUT2D eigenvalue weighted by atomic mass is 16.3. The van der Waals surface area contributed by atoms with Crippen LogP contribution in [0.5, 0.6) is 5.75 Å². The first kappa shape index (κ1) is 22.2. The van der Waals surface area contributed by atoms with Gasteiger partial charge in [0.25, 0.3) is 0 Å². The van der Waals surface area contributed by atoms with Gasteiger partial charge in [-0.2, -0.15) is 5.10 Å². The molecule has 0 saturated carbocycles. The lowest BCUT2D eigenvalue weighted by atomic mass is 9.79. The predicted octanol–water partition coefficient (Wildman–Crippen LogP) is 3.93. The van der Waals surface area contributed by atoms with Crippen molar-refractivity contribution in [2.75, 3.05) is 11.9 Å². The van der Waals surface area contributed by atoms with Crippen LogP contribution >= 0.6 is 0 Å². The number of fused-ring (bicyclic) bond motifs is 1. The summed E-state index contributed by atoms with van der Waals surface area (Å²) in [5.41, 5.74) is 4.35. The van der Waals surface area contributed by atoms with Crippen molar-refractivity contribution in [3.63, 3.8) is 0 Å². The number of aromatic hydroxyl groups is 1. The molecule has 9 heteroatoms. The number of phenolic OH excluding ortho intramolecular Hbond substituents is 1. The van der Waals surface area contributed by atoms with Crippen LogP contribution in [0.4, 0.5) is 5.95 Å². The number of aromatic amines is 1. The van der Waals surface area contributed by atoms with Crippen LogP contribution in [0.2, 0.25) is 0 Å². The molecule has 0 unspecified atom stereocenters. The minimum atomic E-state index is 0.0264. The quantitative estimate of drug-likeness (QED) is 0.421. The number of aromatic nitrogens is 6. The van der Waals surface area contributed by atoms with Gasteiger partial charge in [0.05, 0.1) is 23.6 Å². The number of hydrogen-bond acceptors (Lipinski definition) is 8. The van der Waals surface area contributed by atoms with Crippen LogP contribution < -0.4 is 10.2 Å². The second-order valence-electron chi connectivity index (χ2n) is 10.4. The molecule has 1 aromatic carbocycles. The van der Waals surface area contributed by atoms with Crippen molar-refractivity contribution in [3.8, 4) is 28.3 Å². The van der Waals surface area contributed by atoms with E-state index in [0.29, 0.717) is 23.2 Å². The van der Waals surface area contributed by atoms with Crippen LogP contribution in [0.25, 0.3) is 33.5 Å². The van der Waals surface area contributed by atoms with Gasteiger partial charge in [0.2, 0.25) is 5.95 Å². The van der Waals surface area contributed by atoms with Crippen molar-refractivity contribution in [3.05, 3.63) is 42.7 Å². The molecule has 0 spiro atoms. The molecule has 34 heavy (non-hydrogen) atoms. The number of benzene rings is 1. The molecular weight excluding hydrogens is 428 g/mol. The van der Waals surface area contributed by atoms with E-state index in [1.54, 1.807) is 18.5 Å². The zero-order valence-electron chi connectivity index (χ0n) is 20.2. The van der Waals surface area contributed by atoms with Gasteiger partial charge in [0.15, 0.2) is 0 Å². The van der Waals surface area contributed by atoms with E-state index in [2.05, 4.69) is 68.3 Å². The van der Waals surface area contributed by atoms with Crippen LogP contribution in [-0.2, 0) is 0 Å². The molecular formula is C25H30N8O. The van der Waals surface area contributed by atoms with E-state index >= 15 is 0 Å². The Morgan fingerprint density at radius 2 is 1.74 bits per heavy atom. The van der Waals surface area contributed by atoms with Gasteiger partial charge in [-0.3, -0.25) is 5.10 Å². The Labute approximate surface area is 198 Å². The number of nitrogens with zero attached hydrogens (tertiary/aromatic N) is 6. The first-order valence-electron chi connectivity index (χ1n) is 11.5. The van der Waals surface area contributed by atoms with E-state index < -0.39 is 0 Å². The first-order valence-corrected chi connectivity index (χ1v) is 11.5. The van der Waals surface area contributed by atoms with E-state index in [1.165, 1.54) is 0 Å². The molecule has 3 aromatic heterocycles. The number of nitrogens with one attached hydrogen (secondary N) is 2. The number of piperidine rings is 1. The zero-order chi connectivity index (χ0) is 24.1. The summed E-state index contributed by atoms with van der Waals surface area (Å²) in [4.78, 5) is 11.3. The highest BCUT2D eigenvalue weighted by molar-refractivity contribution is 5.79. The number of H-pyrrole nitrogens is 1. The fraction of sp³-hybridized carbons (Fsp3) is 0.400. The molecule has 0 aliphatic carbocycles. The largest absolute Gasteiger partial charge is 0.507 e. The Hall–Kier alpha value is -3.59. The molecule has 1 aliphatic rings. The number of pyridine rings is 1. The molecule has 0 bridgehead atoms. The van der Waals surface area contributed by atoms with Crippen LogP contribution in [0, 0.1) is 0 Å². The lowest BCUT2D eigenvalue weighted by molar-refractivity contribution is 0.160. The minimum Gasteiger partial charge on any atom is -0.507 e. The van der Waals surface area contributed by atoms with Gasteiger partial charge < -0.3 is 15.3 Å². The maximum atomic E-state index is 10.7. The van der Waals surface area contributed by atoms with Crippen molar-refractivity contribution < 1.29 is 5.11 Å². The lowest BCUT2D eigenvalue weighted by Gasteiger charge is -2.48. The van der Waals surface area contributed by atoms with Crippen LogP contribution in [0.3, 0.4) is 0 Å². The maximum absolute atomic E-state index is 10.7. The van der Waals surface area contributed by atoms with E-state index in [4.69, 9.17) is 0 Å².